The number of benzene rings is 3. The summed E-state index contributed by atoms with van der Waals surface area (Å²) in [7, 11) is 0. The molecule has 3 aromatic rings. The van der Waals surface area contributed by atoms with E-state index in [0.29, 0.717) is 29.4 Å². The molecule has 3 rings (SSSR count). The zero-order chi connectivity index (χ0) is 25.4. The van der Waals surface area contributed by atoms with Crippen LogP contribution < -0.4 is 25.3 Å². The molecule has 0 aromatic heterocycles. The molecular formula is C25H23F3N2O5. The fourth-order valence-corrected chi connectivity index (χ4v) is 3.03. The highest BCUT2D eigenvalue weighted by molar-refractivity contribution is 5.93. The summed E-state index contributed by atoms with van der Waals surface area (Å²) in [5, 5.41) is 2.41. The second kappa shape index (κ2) is 11.3. The standard InChI is InChI=1S/C25H23F3N2O5/c1-2-33-18-8-10-20(11-9-18)35-22-12-5-17(25(26,27)28)14-21(22)30-24(32)15-34-19-6-3-16(4-7-19)13-23(29)31/h3-12,14H,2,13,15H2,1H3,(H2,29,31)(H,30,32). The molecule has 7 nitrogen and oxygen atoms in total. The fraction of sp³-hybridized carbons (Fsp3) is 0.200. The normalized spacial score (nSPS) is 11.0. The zero-order valence-electron chi connectivity index (χ0n) is 18.7. The van der Waals surface area contributed by atoms with E-state index in [9.17, 15) is 22.8 Å². The molecular weight excluding hydrogens is 465 g/mol. The van der Waals surface area contributed by atoms with Gasteiger partial charge in [0.15, 0.2) is 12.4 Å². The highest BCUT2D eigenvalue weighted by atomic mass is 19.4. The summed E-state index contributed by atoms with van der Waals surface area (Å²) in [5.74, 6) is 0.135. The number of hydrogen-bond donors (Lipinski definition) is 2. The van der Waals surface area contributed by atoms with Crippen LogP contribution in [0.2, 0.25) is 0 Å². The smallest absolute Gasteiger partial charge is 0.416 e. The first-order chi connectivity index (χ1) is 16.6. The van der Waals surface area contributed by atoms with Crippen LogP contribution in [0.1, 0.15) is 18.1 Å². The molecule has 0 bridgehead atoms. The Morgan fingerprint density at radius 1 is 0.886 bits per heavy atom. The molecule has 0 aliphatic rings. The molecule has 2 amide bonds. The summed E-state index contributed by atoms with van der Waals surface area (Å²) in [5.41, 5.74) is 4.70. The third kappa shape index (κ3) is 7.66. The number of amides is 2. The van der Waals surface area contributed by atoms with E-state index in [1.54, 1.807) is 48.5 Å². The Bertz CT molecular complexity index is 1160. The Morgan fingerprint density at radius 3 is 2.09 bits per heavy atom. The highest BCUT2D eigenvalue weighted by Gasteiger charge is 2.31. The predicted molar refractivity (Wildman–Crippen MR) is 123 cm³/mol. The van der Waals surface area contributed by atoms with Gasteiger partial charge in [-0.2, -0.15) is 13.2 Å². The molecule has 0 fully saturated rings. The molecule has 0 aliphatic heterocycles. The van der Waals surface area contributed by atoms with Gasteiger partial charge in [-0.1, -0.05) is 12.1 Å². The van der Waals surface area contributed by atoms with Crippen LogP contribution in [0.4, 0.5) is 18.9 Å². The van der Waals surface area contributed by atoms with E-state index in [4.69, 9.17) is 19.9 Å². The van der Waals surface area contributed by atoms with Crippen LogP contribution >= 0.6 is 0 Å². The Balaban J connectivity index is 1.71. The lowest BCUT2D eigenvalue weighted by molar-refractivity contribution is -0.137. The van der Waals surface area contributed by atoms with Crippen LogP contribution in [-0.4, -0.2) is 25.0 Å². The Kier molecular flexibility index (Phi) is 8.19. The Morgan fingerprint density at radius 2 is 1.49 bits per heavy atom. The van der Waals surface area contributed by atoms with E-state index >= 15 is 0 Å². The van der Waals surface area contributed by atoms with Crippen LogP contribution in [0.3, 0.4) is 0 Å². The SMILES string of the molecule is CCOc1ccc(Oc2ccc(C(F)(F)F)cc2NC(=O)COc2ccc(CC(N)=O)cc2)cc1. The van der Waals surface area contributed by atoms with E-state index in [-0.39, 0.29) is 17.9 Å². The third-order valence-corrected chi connectivity index (χ3v) is 4.62. The zero-order valence-corrected chi connectivity index (χ0v) is 18.7. The monoisotopic (exact) mass is 488 g/mol. The van der Waals surface area contributed by atoms with Crippen LogP contribution in [0, 0.1) is 0 Å². The Labute approximate surface area is 199 Å². The summed E-state index contributed by atoms with van der Waals surface area (Å²) < 4.78 is 56.2. The van der Waals surface area contributed by atoms with E-state index in [0.717, 1.165) is 18.2 Å². The lowest BCUT2D eigenvalue weighted by Crippen LogP contribution is -2.21. The molecule has 0 aliphatic carbocycles. The van der Waals surface area contributed by atoms with Crippen LogP contribution in [0.15, 0.2) is 66.7 Å². The molecule has 0 saturated carbocycles. The number of halogens is 3. The lowest BCUT2D eigenvalue weighted by atomic mass is 10.1. The van der Waals surface area contributed by atoms with E-state index in [1.807, 2.05) is 6.92 Å². The molecule has 10 heteroatoms. The number of alkyl halides is 3. The predicted octanol–water partition coefficient (Wildman–Crippen LogP) is 4.94. The topological polar surface area (TPSA) is 99.9 Å². The quantitative estimate of drug-likeness (QED) is 0.421. The first kappa shape index (κ1) is 25.4. The van der Waals surface area contributed by atoms with Crippen LogP contribution in [0.25, 0.3) is 0 Å². The molecule has 0 saturated heterocycles. The second-order valence-corrected chi connectivity index (χ2v) is 7.34. The van der Waals surface area contributed by atoms with E-state index in [1.165, 1.54) is 0 Å². The van der Waals surface area contributed by atoms with E-state index < -0.39 is 30.2 Å². The Hall–Kier alpha value is -4.21. The van der Waals surface area contributed by atoms with Gasteiger partial charge in [0.2, 0.25) is 5.91 Å². The van der Waals surface area contributed by atoms with Crippen molar-refractivity contribution in [1.29, 1.82) is 0 Å². The summed E-state index contributed by atoms with van der Waals surface area (Å²) in [6.07, 6.45) is -4.55. The van der Waals surface area contributed by atoms with Crippen molar-refractivity contribution in [1.82, 2.24) is 0 Å². The van der Waals surface area contributed by atoms with E-state index in [2.05, 4.69) is 5.32 Å². The van der Waals surface area contributed by atoms with Gasteiger partial charge in [0.1, 0.15) is 17.2 Å². The van der Waals surface area contributed by atoms with Crippen molar-refractivity contribution in [2.45, 2.75) is 19.5 Å². The minimum Gasteiger partial charge on any atom is -0.494 e. The van der Waals surface area contributed by atoms with Gasteiger partial charge in [0, 0.05) is 0 Å². The molecule has 0 spiro atoms. The van der Waals surface area contributed by atoms with Gasteiger partial charge in [-0.25, -0.2) is 0 Å². The fourth-order valence-electron chi connectivity index (χ4n) is 3.03. The lowest BCUT2D eigenvalue weighted by Gasteiger charge is -2.16. The second-order valence-electron chi connectivity index (χ2n) is 7.34. The van der Waals surface area contributed by atoms with Crippen molar-refractivity contribution in [2.75, 3.05) is 18.5 Å². The van der Waals surface area contributed by atoms with Crippen molar-refractivity contribution in [3.63, 3.8) is 0 Å². The number of hydrogen-bond acceptors (Lipinski definition) is 5. The molecule has 0 heterocycles. The van der Waals surface area contributed by atoms with Gasteiger partial charge in [0.25, 0.3) is 5.91 Å². The molecule has 0 atom stereocenters. The minimum absolute atomic E-state index is 0.0197. The minimum atomic E-state index is -4.61. The number of primary amides is 1. The number of anilines is 1. The maximum Gasteiger partial charge on any atom is 0.416 e. The third-order valence-electron chi connectivity index (χ3n) is 4.62. The number of carbonyl (C=O) groups excluding carboxylic acids is 2. The molecule has 184 valence electrons. The van der Waals surface area contributed by atoms with Gasteiger partial charge in [0.05, 0.1) is 24.3 Å². The number of rotatable bonds is 10. The molecule has 0 radical (unpaired) electrons. The van der Waals surface area contributed by atoms with Crippen molar-refractivity contribution in [3.8, 4) is 23.0 Å². The number of nitrogens with one attached hydrogen (secondary N) is 1. The number of ether oxygens (including phenoxy) is 3. The van der Waals surface area contributed by atoms with Gasteiger partial charge in [-0.3, -0.25) is 9.59 Å². The summed E-state index contributed by atoms with van der Waals surface area (Å²) >= 11 is 0. The number of carbonyl (C=O) groups is 2. The molecule has 35 heavy (non-hydrogen) atoms. The van der Waals surface area contributed by atoms with Gasteiger partial charge in [-0.05, 0) is 67.1 Å². The summed E-state index contributed by atoms with van der Waals surface area (Å²) in [6.45, 7) is 1.85. The van der Waals surface area contributed by atoms with Gasteiger partial charge in [-0.15, -0.1) is 0 Å². The van der Waals surface area contributed by atoms with Gasteiger partial charge >= 0.3 is 6.18 Å². The van der Waals surface area contributed by atoms with Crippen molar-refractivity contribution in [3.05, 3.63) is 77.9 Å². The largest absolute Gasteiger partial charge is 0.494 e. The van der Waals surface area contributed by atoms with Crippen molar-refractivity contribution >= 4 is 17.5 Å². The highest BCUT2D eigenvalue weighted by Crippen LogP contribution is 2.37. The number of nitrogens with two attached hydrogens (primary N) is 1. The first-order valence-electron chi connectivity index (χ1n) is 10.6. The summed E-state index contributed by atoms with van der Waals surface area (Å²) in [6, 6.07) is 15.6. The first-order valence-corrected chi connectivity index (χ1v) is 10.6. The van der Waals surface area contributed by atoms with Crippen LogP contribution in [-0.2, 0) is 22.2 Å². The maximum atomic E-state index is 13.2. The molecule has 3 N–H and O–H groups in total. The average molecular weight is 488 g/mol. The summed E-state index contributed by atoms with van der Waals surface area (Å²) in [4.78, 5) is 23.4. The van der Waals surface area contributed by atoms with Gasteiger partial charge < -0.3 is 25.3 Å². The molecule has 0 unspecified atom stereocenters. The average Bonchev–Trinajstić information content (AvgIpc) is 2.80. The molecule has 3 aromatic carbocycles. The van der Waals surface area contributed by atoms with Crippen LogP contribution in [0.5, 0.6) is 23.0 Å². The maximum absolute atomic E-state index is 13.2. The van der Waals surface area contributed by atoms with Crippen molar-refractivity contribution < 1.29 is 37.0 Å². The van der Waals surface area contributed by atoms with Crippen molar-refractivity contribution in [2.24, 2.45) is 5.73 Å².